The second-order valence-corrected chi connectivity index (χ2v) is 11.6. The Balaban J connectivity index is 0.00000308. The Morgan fingerprint density at radius 3 is 2.49 bits per heavy atom. The number of hydrogen-bond acceptors (Lipinski definition) is 5. The summed E-state index contributed by atoms with van der Waals surface area (Å²) >= 11 is 0. The maximum atomic E-state index is 10.5. The number of aryl methyl sites for hydroxylation is 1. The van der Waals surface area contributed by atoms with Gasteiger partial charge in [0.05, 0.1) is 11.4 Å². The fraction of sp³-hybridized carbons (Fsp3) is 0.242. The third kappa shape index (κ3) is 4.43. The zero-order valence-electron chi connectivity index (χ0n) is 23.0. The van der Waals surface area contributed by atoms with Crippen molar-refractivity contribution in [3.05, 3.63) is 102 Å². The average molecular weight is 695 g/mol. The number of aromatic nitrogens is 3. The SMILES string of the molecule is Cc1ccc(O)c2nc(-c3[c-]c4c(cc3)C(C)(C)c3ncccc3N4c3cc(C(C)(C)C)ccn3)ccc12.[Pt]. The Kier molecular flexibility index (Phi) is 6.63. The van der Waals surface area contributed by atoms with Crippen LogP contribution < -0.4 is 4.90 Å². The molecule has 0 amide bonds. The second kappa shape index (κ2) is 9.57. The van der Waals surface area contributed by atoms with Crippen molar-refractivity contribution >= 4 is 28.1 Å². The zero-order valence-corrected chi connectivity index (χ0v) is 25.3. The number of aromatic hydroxyl groups is 1. The molecule has 0 spiro atoms. The largest absolute Gasteiger partial charge is 0.506 e. The van der Waals surface area contributed by atoms with Crippen molar-refractivity contribution in [1.82, 2.24) is 15.0 Å². The summed E-state index contributed by atoms with van der Waals surface area (Å²) < 4.78 is 0. The molecule has 0 saturated heterocycles. The van der Waals surface area contributed by atoms with Gasteiger partial charge in [0, 0.05) is 44.3 Å². The first-order valence-electron chi connectivity index (χ1n) is 12.9. The van der Waals surface area contributed by atoms with E-state index in [1.54, 1.807) is 6.07 Å². The van der Waals surface area contributed by atoms with E-state index >= 15 is 0 Å². The molecule has 0 bridgehead atoms. The third-order valence-corrected chi connectivity index (χ3v) is 7.61. The number of anilines is 3. The number of phenols is 1. The Morgan fingerprint density at radius 1 is 0.923 bits per heavy atom. The molecule has 5 aromatic rings. The van der Waals surface area contributed by atoms with Crippen molar-refractivity contribution in [3.8, 4) is 17.0 Å². The fourth-order valence-electron chi connectivity index (χ4n) is 5.36. The van der Waals surface area contributed by atoms with Crippen LogP contribution in [-0.4, -0.2) is 20.1 Å². The molecule has 200 valence electrons. The van der Waals surface area contributed by atoms with Gasteiger partial charge in [0.25, 0.3) is 0 Å². The van der Waals surface area contributed by atoms with E-state index in [2.05, 4.69) is 75.9 Å². The third-order valence-electron chi connectivity index (χ3n) is 7.61. The van der Waals surface area contributed by atoms with E-state index in [1.165, 1.54) is 5.56 Å². The van der Waals surface area contributed by atoms with E-state index in [0.29, 0.717) is 5.52 Å². The minimum absolute atomic E-state index is 0. The van der Waals surface area contributed by atoms with E-state index in [1.807, 2.05) is 43.6 Å². The molecule has 0 unspecified atom stereocenters. The molecule has 1 aliphatic heterocycles. The molecule has 0 radical (unpaired) electrons. The van der Waals surface area contributed by atoms with Crippen molar-refractivity contribution in [3.63, 3.8) is 0 Å². The van der Waals surface area contributed by atoms with Crippen LogP contribution in [0.5, 0.6) is 5.75 Å². The summed E-state index contributed by atoms with van der Waals surface area (Å²) in [7, 11) is 0. The van der Waals surface area contributed by atoms with Gasteiger partial charge < -0.3 is 10.0 Å². The van der Waals surface area contributed by atoms with Gasteiger partial charge in [-0.3, -0.25) is 9.97 Å². The van der Waals surface area contributed by atoms with Gasteiger partial charge in [-0.2, -0.15) is 0 Å². The quantitative estimate of drug-likeness (QED) is 0.191. The Bertz CT molecular complexity index is 1720. The number of nitrogens with zero attached hydrogens (tertiary/aromatic N) is 4. The number of phenolic OH excluding ortho intramolecular Hbond substituents is 1. The van der Waals surface area contributed by atoms with E-state index < -0.39 is 0 Å². The van der Waals surface area contributed by atoms with E-state index in [0.717, 1.165) is 50.7 Å². The molecule has 1 N–H and O–H groups in total. The van der Waals surface area contributed by atoms with Gasteiger partial charge in [-0.15, -0.1) is 23.8 Å². The van der Waals surface area contributed by atoms with Crippen molar-refractivity contribution in [2.24, 2.45) is 0 Å². The average Bonchev–Trinajstić information content (AvgIpc) is 2.90. The molecule has 0 saturated carbocycles. The summed E-state index contributed by atoms with van der Waals surface area (Å²) in [6, 6.07) is 23.9. The topological polar surface area (TPSA) is 62.1 Å². The summed E-state index contributed by atoms with van der Waals surface area (Å²) in [5.41, 5.74) is 8.19. The molecule has 1 aliphatic rings. The molecule has 2 aromatic carbocycles. The van der Waals surface area contributed by atoms with Crippen LogP contribution in [0.2, 0.25) is 0 Å². The molecule has 3 aromatic heterocycles. The van der Waals surface area contributed by atoms with Gasteiger partial charge in [0.2, 0.25) is 0 Å². The molecule has 0 fully saturated rings. The van der Waals surface area contributed by atoms with Gasteiger partial charge >= 0.3 is 0 Å². The van der Waals surface area contributed by atoms with Gasteiger partial charge in [0.1, 0.15) is 17.1 Å². The predicted molar refractivity (Wildman–Crippen MR) is 154 cm³/mol. The molecule has 0 atom stereocenters. The molecule has 4 heterocycles. The maximum absolute atomic E-state index is 10.5. The normalized spacial score (nSPS) is 13.9. The molecule has 6 heteroatoms. The summed E-state index contributed by atoms with van der Waals surface area (Å²) in [6.07, 6.45) is 3.74. The number of rotatable bonds is 2. The molecular formula is C33H31N4OPt-. The number of hydrogen-bond donors (Lipinski definition) is 1. The first-order chi connectivity index (χ1) is 18.1. The van der Waals surface area contributed by atoms with Crippen LogP contribution in [-0.2, 0) is 31.9 Å². The number of pyridine rings is 3. The minimum Gasteiger partial charge on any atom is -0.506 e. The van der Waals surface area contributed by atoms with E-state index in [4.69, 9.17) is 15.0 Å². The van der Waals surface area contributed by atoms with Crippen LogP contribution in [0, 0.1) is 13.0 Å². The van der Waals surface area contributed by atoms with Crippen LogP contribution >= 0.6 is 0 Å². The summed E-state index contributed by atoms with van der Waals surface area (Å²) in [4.78, 5) is 16.7. The van der Waals surface area contributed by atoms with Crippen LogP contribution in [0.3, 0.4) is 0 Å². The molecule has 39 heavy (non-hydrogen) atoms. The van der Waals surface area contributed by atoms with Crippen LogP contribution in [0.4, 0.5) is 17.2 Å². The Labute approximate surface area is 244 Å². The van der Waals surface area contributed by atoms with Gasteiger partial charge in [0.15, 0.2) is 0 Å². The molecule has 5 nitrogen and oxygen atoms in total. The number of fused-ring (bicyclic) bond motifs is 3. The molecule has 0 aliphatic carbocycles. The second-order valence-electron chi connectivity index (χ2n) is 11.6. The Hall–Kier alpha value is -3.56. The maximum Gasteiger partial charge on any atom is 0.140 e. The smallest absolute Gasteiger partial charge is 0.140 e. The minimum atomic E-state index is -0.328. The van der Waals surface area contributed by atoms with Gasteiger partial charge in [-0.1, -0.05) is 58.4 Å². The van der Waals surface area contributed by atoms with Gasteiger partial charge in [-0.25, -0.2) is 4.98 Å². The summed E-state index contributed by atoms with van der Waals surface area (Å²) in [6.45, 7) is 13.1. The molecule has 6 rings (SSSR count). The van der Waals surface area contributed by atoms with Crippen molar-refractivity contribution in [2.75, 3.05) is 4.90 Å². The van der Waals surface area contributed by atoms with Crippen molar-refractivity contribution in [2.45, 2.75) is 52.4 Å². The molecular weight excluding hydrogens is 663 g/mol. The van der Waals surface area contributed by atoms with E-state index in [9.17, 15) is 5.11 Å². The van der Waals surface area contributed by atoms with Crippen molar-refractivity contribution < 1.29 is 26.2 Å². The fourth-order valence-corrected chi connectivity index (χ4v) is 5.36. The standard InChI is InChI=1S/C33H31N4O.Pt/c1-20-9-14-28(38)30-23(20)11-13-25(36-30)21-10-12-24-27(18-21)37(26-8-7-16-35-31(26)33(24,5)6)29-19-22(15-17-34-29)32(2,3)4;/h7-17,19,38H,1-6H3;/q-1;. The van der Waals surface area contributed by atoms with E-state index in [-0.39, 0.29) is 37.6 Å². The Morgan fingerprint density at radius 2 is 1.72 bits per heavy atom. The van der Waals surface area contributed by atoms with Crippen molar-refractivity contribution in [1.29, 1.82) is 0 Å². The monoisotopic (exact) mass is 694 g/mol. The summed E-state index contributed by atoms with van der Waals surface area (Å²) in [5.74, 6) is 1.01. The summed E-state index contributed by atoms with van der Waals surface area (Å²) in [5, 5.41) is 11.5. The predicted octanol–water partition coefficient (Wildman–Crippen LogP) is 7.91. The zero-order chi connectivity index (χ0) is 26.8. The first kappa shape index (κ1) is 27.0. The van der Waals surface area contributed by atoms with Gasteiger partial charge in [-0.05, 0) is 65.2 Å². The first-order valence-corrected chi connectivity index (χ1v) is 12.9. The number of benzene rings is 2. The van der Waals surface area contributed by atoms with Crippen LogP contribution in [0.15, 0.2) is 73.1 Å². The van der Waals surface area contributed by atoms with Crippen LogP contribution in [0.25, 0.3) is 22.2 Å². The van der Waals surface area contributed by atoms with Crippen LogP contribution in [0.1, 0.15) is 57.0 Å².